The minimum Gasteiger partial charge on any atom is -0.493 e. The summed E-state index contributed by atoms with van der Waals surface area (Å²) in [7, 11) is 1.59. The molecule has 1 aliphatic rings. The SMILES string of the molecule is CCCCOc1c(Br)cc(C=C2C(=O)ON=C2c2ccccc2)cc1OC. The Hall–Kier alpha value is -2.60. The third-order valence-electron chi connectivity index (χ3n) is 4.05. The lowest BCUT2D eigenvalue weighted by molar-refractivity contribution is -0.136. The number of methoxy groups -OCH3 is 1. The standard InChI is InChI=1S/C21H20BrNO4/c1-3-4-10-26-20-17(22)12-14(13-18(20)25-2)11-16-19(23-27-21(16)24)15-8-6-5-7-9-15/h5-9,11-13H,3-4,10H2,1-2H3. The summed E-state index contributed by atoms with van der Waals surface area (Å²) < 4.78 is 12.1. The van der Waals surface area contributed by atoms with Crippen LogP contribution in [0.2, 0.25) is 0 Å². The fraction of sp³-hybridized carbons (Fsp3) is 0.238. The average Bonchev–Trinajstić information content (AvgIpc) is 3.04. The fourth-order valence-electron chi connectivity index (χ4n) is 2.66. The zero-order chi connectivity index (χ0) is 19.2. The third kappa shape index (κ3) is 4.39. The molecule has 2 aromatic rings. The second kappa shape index (κ2) is 8.86. The smallest absolute Gasteiger partial charge is 0.368 e. The summed E-state index contributed by atoms with van der Waals surface area (Å²) in [4.78, 5) is 17.1. The molecule has 6 heteroatoms. The molecular formula is C21H20BrNO4. The monoisotopic (exact) mass is 429 g/mol. The van der Waals surface area contributed by atoms with Crippen LogP contribution in [0.1, 0.15) is 30.9 Å². The first-order valence-electron chi connectivity index (χ1n) is 8.71. The van der Waals surface area contributed by atoms with E-state index < -0.39 is 5.97 Å². The normalized spacial score (nSPS) is 14.9. The van der Waals surface area contributed by atoms with Crippen molar-refractivity contribution < 1.29 is 19.1 Å². The molecule has 0 unspecified atom stereocenters. The highest BCUT2D eigenvalue weighted by atomic mass is 79.9. The molecule has 0 radical (unpaired) electrons. The number of carbonyl (C=O) groups excluding carboxylic acids is 1. The number of halogens is 1. The zero-order valence-corrected chi connectivity index (χ0v) is 16.8. The van der Waals surface area contributed by atoms with Gasteiger partial charge >= 0.3 is 5.97 Å². The van der Waals surface area contributed by atoms with Gasteiger partial charge in [-0.2, -0.15) is 0 Å². The maximum Gasteiger partial charge on any atom is 0.368 e. The Balaban J connectivity index is 1.95. The van der Waals surface area contributed by atoms with Gasteiger partial charge in [0, 0.05) is 5.56 Å². The minimum absolute atomic E-state index is 0.398. The maximum absolute atomic E-state index is 12.2. The number of oxime groups is 1. The number of hydrogen-bond donors (Lipinski definition) is 0. The Morgan fingerprint density at radius 2 is 2.00 bits per heavy atom. The average molecular weight is 430 g/mol. The number of rotatable bonds is 7. The number of unbranched alkanes of at least 4 members (excludes halogenated alkanes) is 1. The van der Waals surface area contributed by atoms with Crippen LogP contribution in [-0.2, 0) is 9.63 Å². The molecular weight excluding hydrogens is 410 g/mol. The van der Waals surface area contributed by atoms with Crippen LogP contribution in [0, 0.1) is 0 Å². The van der Waals surface area contributed by atoms with Gasteiger partial charge < -0.3 is 14.3 Å². The summed E-state index contributed by atoms with van der Waals surface area (Å²) in [6.45, 7) is 2.72. The second-order valence-electron chi connectivity index (χ2n) is 5.98. The van der Waals surface area contributed by atoms with Crippen molar-refractivity contribution in [3.8, 4) is 11.5 Å². The van der Waals surface area contributed by atoms with Crippen molar-refractivity contribution in [1.82, 2.24) is 0 Å². The van der Waals surface area contributed by atoms with Gasteiger partial charge in [0.25, 0.3) is 0 Å². The largest absolute Gasteiger partial charge is 0.493 e. The Morgan fingerprint density at radius 3 is 2.70 bits per heavy atom. The van der Waals surface area contributed by atoms with E-state index >= 15 is 0 Å². The number of ether oxygens (including phenoxy) is 2. The Bertz CT molecular complexity index is 891. The molecule has 0 saturated heterocycles. The number of nitrogens with zero attached hydrogens (tertiary/aromatic N) is 1. The highest BCUT2D eigenvalue weighted by Crippen LogP contribution is 2.37. The van der Waals surface area contributed by atoms with Crippen molar-refractivity contribution in [3.05, 3.63) is 63.6 Å². The molecule has 5 nitrogen and oxygen atoms in total. The quantitative estimate of drug-likeness (QED) is 0.353. The molecule has 27 heavy (non-hydrogen) atoms. The van der Waals surface area contributed by atoms with Gasteiger partial charge in [0.05, 0.1) is 23.8 Å². The molecule has 2 aromatic carbocycles. The number of benzene rings is 2. The van der Waals surface area contributed by atoms with Crippen LogP contribution in [0.4, 0.5) is 0 Å². The third-order valence-corrected chi connectivity index (χ3v) is 4.64. The van der Waals surface area contributed by atoms with E-state index in [-0.39, 0.29) is 0 Å². The van der Waals surface area contributed by atoms with Crippen molar-refractivity contribution in [2.24, 2.45) is 5.16 Å². The van der Waals surface area contributed by atoms with Crippen molar-refractivity contribution in [3.63, 3.8) is 0 Å². The van der Waals surface area contributed by atoms with Crippen LogP contribution in [0.5, 0.6) is 11.5 Å². The van der Waals surface area contributed by atoms with E-state index in [9.17, 15) is 4.79 Å². The van der Waals surface area contributed by atoms with Crippen molar-refractivity contribution in [1.29, 1.82) is 0 Å². The molecule has 0 fully saturated rings. The van der Waals surface area contributed by atoms with Crippen LogP contribution in [0.15, 0.2) is 57.7 Å². The van der Waals surface area contributed by atoms with Crippen LogP contribution in [0.3, 0.4) is 0 Å². The Morgan fingerprint density at radius 1 is 1.22 bits per heavy atom. The summed E-state index contributed by atoms with van der Waals surface area (Å²) in [5.74, 6) is 0.767. The van der Waals surface area contributed by atoms with Gasteiger partial charge in [-0.25, -0.2) is 4.79 Å². The van der Waals surface area contributed by atoms with E-state index in [0.29, 0.717) is 29.4 Å². The second-order valence-corrected chi connectivity index (χ2v) is 6.83. The van der Waals surface area contributed by atoms with E-state index in [4.69, 9.17) is 14.3 Å². The van der Waals surface area contributed by atoms with Crippen molar-refractivity contribution >= 4 is 33.7 Å². The first-order valence-corrected chi connectivity index (χ1v) is 9.50. The zero-order valence-electron chi connectivity index (χ0n) is 15.2. The lowest BCUT2D eigenvalue weighted by Gasteiger charge is -2.13. The summed E-state index contributed by atoms with van der Waals surface area (Å²) in [5.41, 5.74) is 2.51. The molecule has 0 aromatic heterocycles. The van der Waals surface area contributed by atoms with Crippen LogP contribution >= 0.6 is 15.9 Å². The molecule has 0 saturated carbocycles. The van der Waals surface area contributed by atoms with E-state index in [1.54, 1.807) is 13.2 Å². The molecule has 1 aliphatic heterocycles. The van der Waals surface area contributed by atoms with Gasteiger partial charge in [-0.05, 0) is 46.1 Å². The molecule has 0 aliphatic carbocycles. The molecule has 3 rings (SSSR count). The highest BCUT2D eigenvalue weighted by molar-refractivity contribution is 9.10. The molecule has 0 N–H and O–H groups in total. The summed E-state index contributed by atoms with van der Waals surface area (Å²) >= 11 is 3.53. The molecule has 0 amide bonds. The van der Waals surface area contributed by atoms with Crippen LogP contribution in [0.25, 0.3) is 6.08 Å². The van der Waals surface area contributed by atoms with Gasteiger partial charge in [0.2, 0.25) is 0 Å². The van der Waals surface area contributed by atoms with Gasteiger partial charge in [0.15, 0.2) is 11.5 Å². The predicted octanol–water partition coefficient (Wildman–Crippen LogP) is 4.98. The van der Waals surface area contributed by atoms with Gasteiger partial charge in [-0.3, -0.25) is 0 Å². The lowest BCUT2D eigenvalue weighted by Crippen LogP contribution is -2.07. The summed E-state index contributed by atoms with van der Waals surface area (Å²) in [6.07, 6.45) is 3.75. The van der Waals surface area contributed by atoms with E-state index in [1.807, 2.05) is 42.5 Å². The Labute approximate surface area is 166 Å². The fourth-order valence-corrected chi connectivity index (χ4v) is 3.24. The van der Waals surface area contributed by atoms with Gasteiger partial charge in [0.1, 0.15) is 5.71 Å². The lowest BCUT2D eigenvalue weighted by atomic mass is 10.0. The van der Waals surface area contributed by atoms with Crippen molar-refractivity contribution in [2.45, 2.75) is 19.8 Å². The van der Waals surface area contributed by atoms with E-state index in [1.165, 1.54) is 0 Å². The van der Waals surface area contributed by atoms with E-state index in [0.717, 1.165) is 28.4 Å². The summed E-state index contributed by atoms with van der Waals surface area (Å²) in [6, 6.07) is 13.2. The molecule has 0 spiro atoms. The van der Waals surface area contributed by atoms with Crippen LogP contribution in [-0.4, -0.2) is 25.4 Å². The van der Waals surface area contributed by atoms with Crippen LogP contribution < -0.4 is 9.47 Å². The first-order chi connectivity index (χ1) is 13.1. The molecule has 0 bridgehead atoms. The summed E-state index contributed by atoms with van der Waals surface area (Å²) in [5, 5.41) is 3.93. The topological polar surface area (TPSA) is 57.1 Å². The number of hydrogen-bond acceptors (Lipinski definition) is 5. The molecule has 1 heterocycles. The van der Waals surface area contributed by atoms with Crippen molar-refractivity contribution in [2.75, 3.05) is 13.7 Å². The predicted molar refractivity (Wildman–Crippen MR) is 108 cm³/mol. The van der Waals surface area contributed by atoms with Gasteiger partial charge in [-0.1, -0.05) is 48.8 Å². The Kier molecular flexibility index (Phi) is 6.29. The maximum atomic E-state index is 12.2. The first kappa shape index (κ1) is 19.2. The minimum atomic E-state index is -0.479. The van der Waals surface area contributed by atoms with Gasteiger partial charge in [-0.15, -0.1) is 0 Å². The molecule has 140 valence electrons. The number of carbonyl (C=O) groups is 1. The molecule has 0 atom stereocenters. The van der Waals surface area contributed by atoms with E-state index in [2.05, 4.69) is 28.0 Å². The highest BCUT2D eigenvalue weighted by Gasteiger charge is 2.27.